The van der Waals surface area contributed by atoms with E-state index in [1.807, 2.05) is 0 Å². The van der Waals surface area contributed by atoms with Crippen molar-refractivity contribution < 1.29 is 19.4 Å². The van der Waals surface area contributed by atoms with Gasteiger partial charge in [0, 0.05) is 0 Å². The Morgan fingerprint density at radius 1 is 1.10 bits per heavy atom. The molecule has 0 radical (unpaired) electrons. The van der Waals surface area contributed by atoms with Crippen LogP contribution in [0.5, 0.6) is 0 Å². The first-order chi connectivity index (χ1) is 9.97. The van der Waals surface area contributed by atoms with Crippen LogP contribution < -0.4 is 5.43 Å². The number of carboxylic acids is 1. The van der Waals surface area contributed by atoms with Crippen molar-refractivity contribution in [1.29, 1.82) is 0 Å². The molecule has 2 aromatic carbocycles. The Labute approximate surface area is 119 Å². The Bertz CT molecular complexity index is 921. The second-order valence-corrected chi connectivity index (χ2v) is 4.88. The highest BCUT2D eigenvalue weighted by atomic mass is 16.4. The van der Waals surface area contributed by atoms with Crippen molar-refractivity contribution in [3.8, 4) is 0 Å². The zero-order valence-electron chi connectivity index (χ0n) is 11.2. The summed E-state index contributed by atoms with van der Waals surface area (Å²) in [5, 5.41) is 19.1. The highest BCUT2D eigenvalue weighted by molar-refractivity contribution is 5.96. The molecule has 21 heavy (non-hydrogen) atoms. The summed E-state index contributed by atoms with van der Waals surface area (Å²) in [5.41, 5.74) is 1.06. The SMILES string of the molecule is C[C@H](O)c1ccc2oc3ccc(C(=O)O)cc3c(=O)c2c1. The van der Waals surface area contributed by atoms with Crippen LogP contribution in [0.1, 0.15) is 28.9 Å². The topological polar surface area (TPSA) is 87.7 Å². The van der Waals surface area contributed by atoms with Gasteiger partial charge in [-0.1, -0.05) is 6.07 Å². The average molecular weight is 284 g/mol. The monoisotopic (exact) mass is 284 g/mol. The molecule has 0 aliphatic heterocycles. The number of hydrogen-bond donors (Lipinski definition) is 2. The van der Waals surface area contributed by atoms with E-state index in [2.05, 4.69) is 0 Å². The van der Waals surface area contributed by atoms with Gasteiger partial charge in [-0.3, -0.25) is 4.79 Å². The lowest BCUT2D eigenvalue weighted by molar-refractivity contribution is 0.0697. The minimum absolute atomic E-state index is 0.0285. The molecular weight excluding hydrogens is 272 g/mol. The number of benzene rings is 2. The van der Waals surface area contributed by atoms with E-state index >= 15 is 0 Å². The van der Waals surface area contributed by atoms with E-state index in [4.69, 9.17) is 9.52 Å². The average Bonchev–Trinajstić information content (AvgIpc) is 2.46. The van der Waals surface area contributed by atoms with Gasteiger partial charge in [-0.15, -0.1) is 0 Å². The second-order valence-electron chi connectivity index (χ2n) is 4.88. The number of carbonyl (C=O) groups is 1. The number of aliphatic hydroxyl groups is 1. The Morgan fingerprint density at radius 2 is 1.71 bits per heavy atom. The third-order valence-corrected chi connectivity index (χ3v) is 3.42. The lowest BCUT2D eigenvalue weighted by Gasteiger charge is -2.07. The normalized spacial score (nSPS) is 12.7. The van der Waals surface area contributed by atoms with E-state index in [-0.39, 0.29) is 16.4 Å². The number of fused-ring (bicyclic) bond motifs is 2. The minimum Gasteiger partial charge on any atom is -0.478 e. The van der Waals surface area contributed by atoms with Crippen LogP contribution in [0.25, 0.3) is 21.9 Å². The van der Waals surface area contributed by atoms with Gasteiger partial charge in [0.25, 0.3) is 0 Å². The van der Waals surface area contributed by atoms with Crippen LogP contribution in [0.4, 0.5) is 0 Å². The zero-order valence-corrected chi connectivity index (χ0v) is 11.2. The van der Waals surface area contributed by atoms with Gasteiger partial charge in [0.15, 0.2) is 0 Å². The summed E-state index contributed by atoms with van der Waals surface area (Å²) in [6, 6.07) is 9.05. The molecule has 3 aromatic rings. The molecule has 5 heteroatoms. The van der Waals surface area contributed by atoms with Crippen LogP contribution in [0.2, 0.25) is 0 Å². The molecular formula is C16H12O5. The first kappa shape index (κ1) is 13.3. The summed E-state index contributed by atoms with van der Waals surface area (Å²) < 4.78 is 5.62. The summed E-state index contributed by atoms with van der Waals surface area (Å²) in [7, 11) is 0. The largest absolute Gasteiger partial charge is 0.478 e. The lowest BCUT2D eigenvalue weighted by atomic mass is 10.0. The molecule has 0 saturated heterocycles. The fraction of sp³-hybridized carbons (Fsp3) is 0.125. The molecule has 1 atom stereocenters. The van der Waals surface area contributed by atoms with E-state index in [1.54, 1.807) is 25.1 Å². The van der Waals surface area contributed by atoms with Crippen molar-refractivity contribution in [3.63, 3.8) is 0 Å². The number of rotatable bonds is 2. The molecule has 0 spiro atoms. The molecule has 2 N–H and O–H groups in total. The smallest absolute Gasteiger partial charge is 0.335 e. The van der Waals surface area contributed by atoms with Crippen LogP contribution >= 0.6 is 0 Å². The van der Waals surface area contributed by atoms with Crippen LogP contribution in [-0.4, -0.2) is 16.2 Å². The summed E-state index contributed by atoms with van der Waals surface area (Å²) in [5.74, 6) is -1.10. The quantitative estimate of drug-likeness (QED) is 0.706. The van der Waals surface area contributed by atoms with Crippen LogP contribution in [-0.2, 0) is 0 Å². The minimum atomic E-state index is -1.10. The maximum Gasteiger partial charge on any atom is 0.335 e. The molecule has 3 rings (SSSR count). The van der Waals surface area contributed by atoms with Crippen LogP contribution in [0, 0.1) is 0 Å². The van der Waals surface area contributed by atoms with E-state index in [9.17, 15) is 14.7 Å². The molecule has 1 aromatic heterocycles. The van der Waals surface area contributed by atoms with E-state index in [1.165, 1.54) is 18.2 Å². The van der Waals surface area contributed by atoms with Gasteiger partial charge in [-0.2, -0.15) is 0 Å². The molecule has 0 bridgehead atoms. The van der Waals surface area contributed by atoms with Gasteiger partial charge >= 0.3 is 5.97 Å². The summed E-state index contributed by atoms with van der Waals surface area (Å²) in [6.45, 7) is 1.60. The zero-order chi connectivity index (χ0) is 15.1. The predicted molar refractivity (Wildman–Crippen MR) is 77.6 cm³/mol. The van der Waals surface area contributed by atoms with Crippen molar-refractivity contribution in [2.75, 3.05) is 0 Å². The van der Waals surface area contributed by atoms with Crippen molar-refractivity contribution in [2.24, 2.45) is 0 Å². The summed E-state index contributed by atoms with van der Waals surface area (Å²) in [6.07, 6.45) is -0.699. The maximum atomic E-state index is 12.5. The highest BCUT2D eigenvalue weighted by Gasteiger charge is 2.12. The number of hydrogen-bond acceptors (Lipinski definition) is 4. The fourth-order valence-electron chi connectivity index (χ4n) is 2.27. The number of aromatic carboxylic acids is 1. The molecule has 106 valence electrons. The molecule has 0 aliphatic rings. The molecule has 0 unspecified atom stereocenters. The van der Waals surface area contributed by atoms with Gasteiger partial charge in [0.2, 0.25) is 5.43 Å². The second kappa shape index (κ2) is 4.71. The molecule has 0 saturated carbocycles. The summed E-state index contributed by atoms with van der Waals surface area (Å²) in [4.78, 5) is 23.5. The van der Waals surface area contributed by atoms with Gasteiger partial charge in [-0.05, 0) is 42.8 Å². The van der Waals surface area contributed by atoms with Crippen molar-refractivity contribution >= 4 is 27.9 Å². The first-order valence-electron chi connectivity index (χ1n) is 6.39. The number of carboxylic acid groups (broad SMARTS) is 1. The predicted octanol–water partition coefficient (Wildman–Crippen LogP) is 2.70. The lowest BCUT2D eigenvalue weighted by Crippen LogP contribution is -2.05. The van der Waals surface area contributed by atoms with E-state index < -0.39 is 12.1 Å². The van der Waals surface area contributed by atoms with Crippen molar-refractivity contribution in [3.05, 3.63) is 57.7 Å². The standard InChI is InChI=1S/C16H12O5/c1-8(17)9-2-4-13-11(6-9)15(18)12-7-10(16(19)20)3-5-14(12)21-13/h2-8,17H,1H3,(H,19,20)/t8-/m0/s1. The molecule has 0 aliphatic carbocycles. The third-order valence-electron chi connectivity index (χ3n) is 3.42. The number of aliphatic hydroxyl groups excluding tert-OH is 1. The highest BCUT2D eigenvalue weighted by Crippen LogP contribution is 2.22. The Balaban J connectivity index is 2.39. The molecule has 1 heterocycles. The Kier molecular flexibility index (Phi) is 2.99. The molecule has 0 fully saturated rings. The summed E-state index contributed by atoms with van der Waals surface area (Å²) >= 11 is 0. The van der Waals surface area contributed by atoms with Crippen molar-refractivity contribution in [2.45, 2.75) is 13.0 Å². The van der Waals surface area contributed by atoms with E-state index in [0.29, 0.717) is 22.1 Å². The third kappa shape index (κ3) is 2.17. The van der Waals surface area contributed by atoms with Crippen molar-refractivity contribution in [1.82, 2.24) is 0 Å². The van der Waals surface area contributed by atoms with Gasteiger partial charge < -0.3 is 14.6 Å². The Hall–Kier alpha value is -2.66. The Morgan fingerprint density at radius 3 is 2.33 bits per heavy atom. The van der Waals surface area contributed by atoms with Gasteiger partial charge in [-0.25, -0.2) is 4.79 Å². The maximum absolute atomic E-state index is 12.5. The van der Waals surface area contributed by atoms with Crippen LogP contribution in [0.15, 0.2) is 45.6 Å². The molecule has 0 amide bonds. The van der Waals surface area contributed by atoms with Gasteiger partial charge in [0.1, 0.15) is 11.2 Å². The van der Waals surface area contributed by atoms with Crippen LogP contribution in [0.3, 0.4) is 0 Å². The van der Waals surface area contributed by atoms with Gasteiger partial charge in [0.05, 0.1) is 22.4 Å². The first-order valence-corrected chi connectivity index (χ1v) is 6.39. The van der Waals surface area contributed by atoms with E-state index in [0.717, 1.165) is 0 Å². The fourth-order valence-corrected chi connectivity index (χ4v) is 2.27. The molecule has 5 nitrogen and oxygen atoms in total.